The normalized spacial score (nSPS) is 10.7. The molecule has 0 saturated heterocycles. The van der Waals surface area contributed by atoms with E-state index in [2.05, 4.69) is 19.9 Å². The van der Waals surface area contributed by atoms with Crippen molar-refractivity contribution in [1.82, 2.24) is 4.57 Å². The van der Waals surface area contributed by atoms with Crippen molar-refractivity contribution in [3.05, 3.63) is 46.8 Å². The minimum absolute atomic E-state index is 0.172. The molecule has 0 unspecified atom stereocenters. The molecule has 0 fully saturated rings. The lowest BCUT2D eigenvalue weighted by Gasteiger charge is -2.08. The van der Waals surface area contributed by atoms with Crippen LogP contribution in [0.4, 0.5) is 0 Å². The van der Waals surface area contributed by atoms with Crippen LogP contribution in [0.5, 0.6) is 0 Å². The maximum atomic E-state index is 11.7. The molecule has 114 valence electrons. The minimum atomic E-state index is -1.01. The second kappa shape index (κ2) is 6.07. The first-order valence-corrected chi connectivity index (χ1v) is 7.37. The van der Waals surface area contributed by atoms with Gasteiger partial charge in [-0.15, -0.1) is 0 Å². The minimum Gasteiger partial charge on any atom is -0.477 e. The van der Waals surface area contributed by atoms with E-state index in [1.165, 1.54) is 5.56 Å². The van der Waals surface area contributed by atoms with Gasteiger partial charge in [-0.25, -0.2) is 4.79 Å². The lowest BCUT2D eigenvalue weighted by atomic mass is 9.96. The van der Waals surface area contributed by atoms with Crippen LogP contribution in [-0.2, 0) is 13.5 Å². The zero-order chi connectivity index (χ0) is 16.4. The van der Waals surface area contributed by atoms with Crippen molar-refractivity contribution >= 4 is 5.97 Å². The third-order valence-corrected chi connectivity index (χ3v) is 4.03. The third-order valence-electron chi connectivity index (χ3n) is 4.03. The average Bonchev–Trinajstić information content (AvgIpc) is 2.79. The van der Waals surface area contributed by atoms with Gasteiger partial charge in [0.05, 0.1) is 5.56 Å². The Morgan fingerprint density at radius 1 is 1.32 bits per heavy atom. The Bertz CT molecular complexity index is 747. The number of hydrogen-bond acceptors (Lipinski definition) is 2. The number of aromatic carboxylic acids is 1. The smallest absolute Gasteiger partial charge is 0.353 e. The monoisotopic (exact) mass is 296 g/mol. The molecule has 0 aliphatic carbocycles. The largest absolute Gasteiger partial charge is 0.477 e. The van der Waals surface area contributed by atoms with Crippen LogP contribution in [0.3, 0.4) is 0 Å². The molecule has 1 aromatic carbocycles. The summed E-state index contributed by atoms with van der Waals surface area (Å²) < 4.78 is 1.62. The molecular formula is C18H20N2O2. The number of carboxylic acid groups (broad SMARTS) is 1. The first kappa shape index (κ1) is 15.8. The Hall–Kier alpha value is -2.54. The molecule has 0 aliphatic heterocycles. The van der Waals surface area contributed by atoms with E-state index in [1.54, 1.807) is 11.6 Å². The standard InChI is InChI=1S/C18H20N2O2/c1-5-15-14(10-19)16(17(18(21)22)20(15)4)13-8-6-12(7-9-13)11(2)3/h6-9,11H,5H2,1-4H3,(H,21,22). The third kappa shape index (κ3) is 2.50. The second-order valence-electron chi connectivity index (χ2n) is 5.65. The van der Waals surface area contributed by atoms with Crippen molar-refractivity contribution in [2.45, 2.75) is 33.1 Å². The van der Waals surface area contributed by atoms with E-state index < -0.39 is 5.97 Å². The number of hydrogen-bond donors (Lipinski definition) is 1. The molecule has 0 spiro atoms. The fraction of sp³-hybridized carbons (Fsp3) is 0.333. The lowest BCUT2D eigenvalue weighted by Crippen LogP contribution is -2.07. The predicted molar refractivity (Wildman–Crippen MR) is 86.0 cm³/mol. The molecular weight excluding hydrogens is 276 g/mol. The summed E-state index contributed by atoms with van der Waals surface area (Å²) in [5.74, 6) is -0.605. The van der Waals surface area contributed by atoms with Crippen molar-refractivity contribution in [1.29, 1.82) is 5.26 Å². The van der Waals surface area contributed by atoms with Crippen molar-refractivity contribution in [2.24, 2.45) is 7.05 Å². The molecule has 1 heterocycles. The number of benzene rings is 1. The fourth-order valence-electron chi connectivity index (χ4n) is 2.83. The molecule has 0 radical (unpaired) electrons. The van der Waals surface area contributed by atoms with Crippen molar-refractivity contribution in [3.8, 4) is 17.2 Å². The highest BCUT2D eigenvalue weighted by atomic mass is 16.4. The SMILES string of the molecule is CCc1c(C#N)c(-c2ccc(C(C)C)cc2)c(C(=O)O)n1C. The van der Waals surface area contributed by atoms with Gasteiger partial charge in [0.25, 0.3) is 0 Å². The van der Waals surface area contributed by atoms with E-state index in [9.17, 15) is 15.2 Å². The maximum absolute atomic E-state index is 11.7. The highest BCUT2D eigenvalue weighted by Crippen LogP contribution is 2.33. The Morgan fingerprint density at radius 3 is 2.32 bits per heavy atom. The van der Waals surface area contributed by atoms with E-state index in [4.69, 9.17) is 0 Å². The highest BCUT2D eigenvalue weighted by molar-refractivity contribution is 5.97. The summed E-state index contributed by atoms with van der Waals surface area (Å²) in [6.07, 6.45) is 0.615. The van der Waals surface area contributed by atoms with Gasteiger partial charge in [0, 0.05) is 18.3 Å². The predicted octanol–water partition coefficient (Wildman–Crippen LogP) is 3.95. The Labute approximate surface area is 130 Å². The Kier molecular flexibility index (Phi) is 4.37. The molecule has 0 amide bonds. The van der Waals surface area contributed by atoms with Gasteiger partial charge in [-0.05, 0) is 23.5 Å². The van der Waals surface area contributed by atoms with Gasteiger partial charge in [0.2, 0.25) is 0 Å². The number of rotatable bonds is 4. The number of carbonyl (C=O) groups is 1. The topological polar surface area (TPSA) is 66.0 Å². The lowest BCUT2D eigenvalue weighted by molar-refractivity contribution is 0.0687. The van der Waals surface area contributed by atoms with Crippen LogP contribution in [0, 0.1) is 11.3 Å². The van der Waals surface area contributed by atoms with Crippen LogP contribution < -0.4 is 0 Å². The Balaban J connectivity index is 2.73. The maximum Gasteiger partial charge on any atom is 0.353 e. The van der Waals surface area contributed by atoms with Crippen LogP contribution in [-0.4, -0.2) is 15.6 Å². The Morgan fingerprint density at radius 2 is 1.91 bits per heavy atom. The zero-order valence-electron chi connectivity index (χ0n) is 13.3. The van der Waals surface area contributed by atoms with Gasteiger partial charge < -0.3 is 9.67 Å². The first-order chi connectivity index (χ1) is 10.4. The van der Waals surface area contributed by atoms with Crippen LogP contribution in [0.25, 0.3) is 11.1 Å². The van der Waals surface area contributed by atoms with Gasteiger partial charge in [-0.2, -0.15) is 5.26 Å². The molecule has 2 rings (SSSR count). The van der Waals surface area contributed by atoms with E-state index in [1.807, 2.05) is 31.2 Å². The molecule has 0 saturated carbocycles. The molecule has 22 heavy (non-hydrogen) atoms. The van der Waals surface area contributed by atoms with E-state index in [0.29, 0.717) is 23.5 Å². The van der Waals surface area contributed by atoms with Crippen LogP contribution in [0.1, 0.15) is 54.0 Å². The molecule has 0 atom stereocenters. The van der Waals surface area contributed by atoms with Gasteiger partial charge in [-0.1, -0.05) is 45.0 Å². The van der Waals surface area contributed by atoms with Crippen molar-refractivity contribution < 1.29 is 9.90 Å². The summed E-state index contributed by atoms with van der Waals surface area (Å²) in [7, 11) is 1.70. The van der Waals surface area contributed by atoms with Crippen LogP contribution in [0.15, 0.2) is 24.3 Å². The van der Waals surface area contributed by atoms with Crippen molar-refractivity contribution in [2.75, 3.05) is 0 Å². The van der Waals surface area contributed by atoms with Gasteiger partial charge >= 0.3 is 5.97 Å². The van der Waals surface area contributed by atoms with Gasteiger partial charge in [-0.3, -0.25) is 0 Å². The number of nitrogens with zero attached hydrogens (tertiary/aromatic N) is 2. The van der Waals surface area contributed by atoms with Crippen LogP contribution >= 0.6 is 0 Å². The summed E-state index contributed by atoms with van der Waals surface area (Å²) in [4.78, 5) is 11.7. The molecule has 0 bridgehead atoms. The zero-order valence-corrected chi connectivity index (χ0v) is 13.3. The summed E-state index contributed by atoms with van der Waals surface area (Å²) in [5, 5.41) is 19.0. The average molecular weight is 296 g/mol. The van der Waals surface area contributed by atoms with E-state index >= 15 is 0 Å². The quantitative estimate of drug-likeness (QED) is 0.929. The number of carboxylic acids is 1. The van der Waals surface area contributed by atoms with E-state index in [0.717, 1.165) is 11.3 Å². The molecule has 1 N–H and O–H groups in total. The highest BCUT2D eigenvalue weighted by Gasteiger charge is 2.25. The second-order valence-corrected chi connectivity index (χ2v) is 5.65. The molecule has 4 heteroatoms. The van der Waals surface area contributed by atoms with E-state index in [-0.39, 0.29) is 5.69 Å². The molecule has 4 nitrogen and oxygen atoms in total. The van der Waals surface area contributed by atoms with Crippen molar-refractivity contribution in [3.63, 3.8) is 0 Å². The molecule has 1 aromatic heterocycles. The summed E-state index contributed by atoms with van der Waals surface area (Å²) in [5.41, 5.74) is 3.86. The van der Waals surface area contributed by atoms with Gasteiger partial charge in [0.15, 0.2) is 0 Å². The summed E-state index contributed by atoms with van der Waals surface area (Å²) >= 11 is 0. The first-order valence-electron chi connectivity index (χ1n) is 7.37. The van der Waals surface area contributed by atoms with Crippen LogP contribution in [0.2, 0.25) is 0 Å². The van der Waals surface area contributed by atoms with Gasteiger partial charge in [0.1, 0.15) is 11.8 Å². The molecule has 2 aromatic rings. The fourth-order valence-corrected chi connectivity index (χ4v) is 2.83. The summed E-state index contributed by atoms with van der Waals surface area (Å²) in [6.45, 7) is 6.14. The molecule has 0 aliphatic rings. The number of nitriles is 1. The number of aromatic nitrogens is 1. The summed E-state index contributed by atoms with van der Waals surface area (Å²) in [6, 6.07) is 9.97.